The highest BCUT2D eigenvalue weighted by Gasteiger charge is 2.25. The molecule has 4 heteroatoms. The molecule has 3 N–H and O–H groups in total. The Kier molecular flexibility index (Phi) is 7.39. The quantitative estimate of drug-likeness (QED) is 0.744. The van der Waals surface area contributed by atoms with Crippen molar-refractivity contribution in [2.75, 3.05) is 13.2 Å². The number of ether oxygens (including phenoxy) is 1. The summed E-state index contributed by atoms with van der Waals surface area (Å²) in [7, 11) is 0. The number of nitrogens with one attached hydrogen (secondary N) is 1. The first-order valence-electron chi connectivity index (χ1n) is 7.69. The molecule has 1 aliphatic rings. The number of carbonyl (C=O) groups excluding carboxylic acids is 1. The molecule has 0 saturated heterocycles. The Morgan fingerprint density at radius 1 is 1.42 bits per heavy atom. The van der Waals surface area contributed by atoms with Crippen LogP contribution in [0.4, 0.5) is 0 Å². The molecule has 0 aromatic carbocycles. The third-order valence-electron chi connectivity index (χ3n) is 3.94. The lowest BCUT2D eigenvalue weighted by Crippen LogP contribution is -2.39. The standard InChI is InChI=1S/C15H30N2O2/c1-4-19-14(11(2)3)8-9-17-15(18)12-6-5-7-13(16)10-12/h11-14H,4-10,16H2,1-3H3,(H,17,18). The summed E-state index contributed by atoms with van der Waals surface area (Å²) in [6.45, 7) is 7.75. The van der Waals surface area contributed by atoms with Crippen LogP contribution in [0.5, 0.6) is 0 Å². The van der Waals surface area contributed by atoms with Gasteiger partial charge in [-0.2, -0.15) is 0 Å². The van der Waals surface area contributed by atoms with Crippen LogP contribution in [0.3, 0.4) is 0 Å². The van der Waals surface area contributed by atoms with E-state index >= 15 is 0 Å². The summed E-state index contributed by atoms with van der Waals surface area (Å²) in [5, 5.41) is 3.04. The molecule has 19 heavy (non-hydrogen) atoms. The predicted molar refractivity (Wildman–Crippen MR) is 77.8 cm³/mol. The fraction of sp³-hybridized carbons (Fsp3) is 0.933. The van der Waals surface area contributed by atoms with Crippen LogP contribution in [-0.4, -0.2) is 31.2 Å². The van der Waals surface area contributed by atoms with Gasteiger partial charge in [0.05, 0.1) is 6.10 Å². The van der Waals surface area contributed by atoms with E-state index in [1.165, 1.54) is 0 Å². The van der Waals surface area contributed by atoms with Gasteiger partial charge in [0, 0.05) is 25.1 Å². The average molecular weight is 270 g/mol. The molecule has 1 fully saturated rings. The fourth-order valence-corrected chi connectivity index (χ4v) is 2.77. The second-order valence-corrected chi connectivity index (χ2v) is 5.94. The van der Waals surface area contributed by atoms with Gasteiger partial charge in [0.1, 0.15) is 0 Å². The summed E-state index contributed by atoms with van der Waals surface area (Å²) in [5.74, 6) is 0.780. The van der Waals surface area contributed by atoms with Crippen molar-refractivity contribution < 1.29 is 9.53 Å². The van der Waals surface area contributed by atoms with Gasteiger partial charge in [-0.15, -0.1) is 0 Å². The monoisotopic (exact) mass is 270 g/mol. The van der Waals surface area contributed by atoms with Gasteiger partial charge < -0.3 is 15.8 Å². The molecule has 0 bridgehead atoms. The Balaban J connectivity index is 2.25. The Labute approximate surface area is 117 Å². The van der Waals surface area contributed by atoms with Crippen molar-refractivity contribution in [3.05, 3.63) is 0 Å². The normalized spacial score (nSPS) is 25.3. The summed E-state index contributed by atoms with van der Waals surface area (Å²) in [6, 6.07) is 0.205. The van der Waals surface area contributed by atoms with E-state index in [9.17, 15) is 4.79 Å². The van der Waals surface area contributed by atoms with Crippen LogP contribution in [0.15, 0.2) is 0 Å². The molecule has 3 atom stereocenters. The summed E-state index contributed by atoms with van der Waals surface area (Å²) < 4.78 is 5.68. The van der Waals surface area contributed by atoms with Gasteiger partial charge in [0.15, 0.2) is 0 Å². The topological polar surface area (TPSA) is 64.3 Å². The van der Waals surface area contributed by atoms with Crippen LogP contribution in [0.25, 0.3) is 0 Å². The number of carbonyl (C=O) groups is 1. The second-order valence-electron chi connectivity index (χ2n) is 5.94. The summed E-state index contributed by atoms with van der Waals surface area (Å²) in [5.41, 5.74) is 5.92. The van der Waals surface area contributed by atoms with Crippen molar-refractivity contribution in [3.8, 4) is 0 Å². The third-order valence-corrected chi connectivity index (χ3v) is 3.94. The van der Waals surface area contributed by atoms with Gasteiger partial charge in [-0.1, -0.05) is 20.3 Å². The molecule has 1 aliphatic carbocycles. The zero-order valence-corrected chi connectivity index (χ0v) is 12.7. The molecule has 0 aliphatic heterocycles. The summed E-state index contributed by atoms with van der Waals surface area (Å²) >= 11 is 0. The lowest BCUT2D eigenvalue weighted by Gasteiger charge is -2.26. The molecule has 1 saturated carbocycles. The maximum Gasteiger partial charge on any atom is 0.223 e. The minimum absolute atomic E-state index is 0.119. The van der Waals surface area contributed by atoms with Crippen molar-refractivity contribution in [1.29, 1.82) is 0 Å². The van der Waals surface area contributed by atoms with E-state index in [0.717, 1.165) is 38.7 Å². The minimum Gasteiger partial charge on any atom is -0.378 e. The first kappa shape index (κ1) is 16.4. The molecule has 1 amide bonds. The summed E-state index contributed by atoms with van der Waals surface area (Å²) in [4.78, 5) is 12.0. The maximum atomic E-state index is 12.0. The van der Waals surface area contributed by atoms with Crippen molar-refractivity contribution in [3.63, 3.8) is 0 Å². The zero-order chi connectivity index (χ0) is 14.3. The van der Waals surface area contributed by atoms with Crippen molar-refractivity contribution in [1.82, 2.24) is 5.32 Å². The number of nitrogens with two attached hydrogens (primary N) is 1. The number of hydrogen-bond donors (Lipinski definition) is 2. The zero-order valence-electron chi connectivity index (χ0n) is 12.7. The highest BCUT2D eigenvalue weighted by molar-refractivity contribution is 5.78. The molecule has 4 nitrogen and oxygen atoms in total. The molecular formula is C15H30N2O2. The maximum absolute atomic E-state index is 12.0. The van der Waals surface area contributed by atoms with Crippen LogP contribution >= 0.6 is 0 Å². The first-order chi connectivity index (χ1) is 9.04. The lowest BCUT2D eigenvalue weighted by molar-refractivity contribution is -0.126. The second kappa shape index (κ2) is 8.54. The van der Waals surface area contributed by atoms with Crippen LogP contribution in [0.1, 0.15) is 52.9 Å². The van der Waals surface area contributed by atoms with E-state index in [1.54, 1.807) is 0 Å². The average Bonchev–Trinajstić information content (AvgIpc) is 2.37. The van der Waals surface area contributed by atoms with E-state index in [4.69, 9.17) is 10.5 Å². The SMILES string of the molecule is CCOC(CCNC(=O)C1CCCC(N)C1)C(C)C. The fourth-order valence-electron chi connectivity index (χ4n) is 2.77. The van der Waals surface area contributed by atoms with Gasteiger partial charge in [0.2, 0.25) is 5.91 Å². The van der Waals surface area contributed by atoms with Gasteiger partial charge >= 0.3 is 0 Å². The molecule has 0 heterocycles. The molecule has 0 spiro atoms. The smallest absolute Gasteiger partial charge is 0.223 e. The van der Waals surface area contributed by atoms with Crippen molar-refractivity contribution >= 4 is 5.91 Å². The van der Waals surface area contributed by atoms with Crippen LogP contribution in [-0.2, 0) is 9.53 Å². The van der Waals surface area contributed by atoms with Gasteiger partial charge in [0.25, 0.3) is 0 Å². The highest BCUT2D eigenvalue weighted by atomic mass is 16.5. The Morgan fingerprint density at radius 3 is 2.74 bits per heavy atom. The summed E-state index contributed by atoms with van der Waals surface area (Å²) in [6.07, 6.45) is 5.08. The Bertz CT molecular complexity index is 269. The molecular weight excluding hydrogens is 240 g/mol. The Hall–Kier alpha value is -0.610. The number of rotatable bonds is 7. The lowest BCUT2D eigenvalue weighted by atomic mass is 9.85. The first-order valence-corrected chi connectivity index (χ1v) is 7.69. The number of amides is 1. The van der Waals surface area contributed by atoms with Crippen LogP contribution in [0.2, 0.25) is 0 Å². The number of hydrogen-bond acceptors (Lipinski definition) is 3. The molecule has 3 unspecified atom stereocenters. The molecule has 112 valence electrons. The molecule has 0 radical (unpaired) electrons. The van der Waals surface area contributed by atoms with E-state index in [2.05, 4.69) is 19.2 Å². The van der Waals surface area contributed by atoms with E-state index in [-0.39, 0.29) is 24.0 Å². The largest absolute Gasteiger partial charge is 0.378 e. The molecule has 0 aromatic rings. The van der Waals surface area contributed by atoms with Gasteiger partial charge in [-0.3, -0.25) is 4.79 Å². The molecule has 0 aromatic heterocycles. The Morgan fingerprint density at radius 2 is 2.16 bits per heavy atom. The van der Waals surface area contributed by atoms with Crippen LogP contribution in [0, 0.1) is 11.8 Å². The van der Waals surface area contributed by atoms with Crippen molar-refractivity contribution in [2.24, 2.45) is 17.6 Å². The third kappa shape index (κ3) is 5.91. The highest BCUT2D eigenvalue weighted by Crippen LogP contribution is 2.23. The van der Waals surface area contributed by atoms with Crippen LogP contribution < -0.4 is 11.1 Å². The predicted octanol–water partition coefficient (Wildman–Crippen LogP) is 2.07. The molecule has 1 rings (SSSR count). The van der Waals surface area contributed by atoms with Gasteiger partial charge in [-0.25, -0.2) is 0 Å². The van der Waals surface area contributed by atoms with E-state index in [1.807, 2.05) is 6.92 Å². The van der Waals surface area contributed by atoms with Gasteiger partial charge in [-0.05, 0) is 38.5 Å². The van der Waals surface area contributed by atoms with Crippen molar-refractivity contribution in [2.45, 2.75) is 65.0 Å². The minimum atomic E-state index is 0.119. The van der Waals surface area contributed by atoms with E-state index < -0.39 is 0 Å². The van der Waals surface area contributed by atoms with E-state index in [0.29, 0.717) is 12.5 Å².